The van der Waals surface area contributed by atoms with Gasteiger partial charge in [0, 0.05) is 24.2 Å². The molecule has 0 aliphatic rings. The summed E-state index contributed by atoms with van der Waals surface area (Å²) < 4.78 is 1.72. The summed E-state index contributed by atoms with van der Waals surface area (Å²) in [6.45, 7) is 1.15. The third-order valence-electron chi connectivity index (χ3n) is 2.17. The Morgan fingerprint density at radius 2 is 2.29 bits per heavy atom. The number of nitrogens with zero attached hydrogens (tertiary/aromatic N) is 7. The van der Waals surface area contributed by atoms with Crippen LogP contribution in [0.25, 0.3) is 21.8 Å². The van der Waals surface area contributed by atoms with E-state index in [1.54, 1.807) is 10.9 Å². The number of aryl methyl sites for hydroxylation is 1. The largest absolute Gasteiger partial charge is 0.254 e. The van der Waals surface area contributed by atoms with Gasteiger partial charge in [-0.1, -0.05) is 16.4 Å². The fourth-order valence-corrected chi connectivity index (χ4v) is 1.39. The number of pyridine rings is 1. The lowest BCUT2D eigenvalue weighted by atomic mass is 10.3. The molecule has 17 heavy (non-hydrogen) atoms. The second-order valence-corrected chi connectivity index (χ2v) is 3.39. The molecule has 7 nitrogen and oxygen atoms in total. The maximum atomic E-state index is 8.13. The van der Waals surface area contributed by atoms with Crippen molar-refractivity contribution in [1.82, 2.24) is 20.0 Å². The number of rotatable bonds is 5. The molecule has 0 amide bonds. The zero-order chi connectivity index (χ0) is 11.9. The average molecular weight is 229 g/mol. The maximum absolute atomic E-state index is 8.13. The molecule has 0 aromatic carbocycles. The van der Waals surface area contributed by atoms with Gasteiger partial charge in [-0.05, 0) is 24.1 Å². The van der Waals surface area contributed by atoms with Gasteiger partial charge < -0.3 is 0 Å². The van der Waals surface area contributed by atoms with E-state index in [1.807, 2.05) is 24.4 Å². The summed E-state index contributed by atoms with van der Waals surface area (Å²) in [5, 5.41) is 11.5. The minimum atomic E-state index is 0.468. The summed E-state index contributed by atoms with van der Waals surface area (Å²) in [7, 11) is 0. The Hall–Kier alpha value is -2.40. The highest BCUT2D eigenvalue weighted by molar-refractivity contribution is 5.51. The van der Waals surface area contributed by atoms with Gasteiger partial charge in [0.05, 0.1) is 11.9 Å². The van der Waals surface area contributed by atoms with Crippen LogP contribution in [-0.2, 0) is 6.54 Å². The van der Waals surface area contributed by atoms with Crippen molar-refractivity contribution in [2.24, 2.45) is 5.11 Å². The Kier molecular flexibility index (Phi) is 3.67. The molecule has 0 N–H and O–H groups in total. The molecule has 86 valence electrons. The summed E-state index contributed by atoms with van der Waals surface area (Å²) in [4.78, 5) is 6.88. The molecule has 7 heteroatoms. The summed E-state index contributed by atoms with van der Waals surface area (Å²) >= 11 is 0. The van der Waals surface area contributed by atoms with Crippen molar-refractivity contribution < 1.29 is 0 Å². The van der Waals surface area contributed by atoms with Gasteiger partial charge in [-0.2, -0.15) is 0 Å². The molecule has 2 rings (SSSR count). The standard InChI is InChI=1S/C10H11N7/c11-15-13-6-3-7-17-8-10(14-16-17)9-4-1-2-5-12-9/h1-2,4-5,8H,3,6-7H2. The van der Waals surface area contributed by atoms with Gasteiger partial charge >= 0.3 is 0 Å². The predicted molar refractivity (Wildman–Crippen MR) is 61.9 cm³/mol. The number of hydrogen-bond acceptors (Lipinski definition) is 4. The van der Waals surface area contributed by atoms with E-state index in [4.69, 9.17) is 5.53 Å². The van der Waals surface area contributed by atoms with Gasteiger partial charge in [-0.3, -0.25) is 9.67 Å². The molecule has 0 saturated heterocycles. The maximum Gasteiger partial charge on any atom is 0.131 e. The van der Waals surface area contributed by atoms with Gasteiger partial charge in [-0.15, -0.1) is 5.10 Å². The predicted octanol–water partition coefficient (Wildman–Crippen LogP) is 2.04. The molecule has 2 aromatic rings. The van der Waals surface area contributed by atoms with Gasteiger partial charge in [0.25, 0.3) is 0 Å². The van der Waals surface area contributed by atoms with E-state index in [0.717, 1.165) is 17.8 Å². The lowest BCUT2D eigenvalue weighted by molar-refractivity contribution is 0.563. The zero-order valence-corrected chi connectivity index (χ0v) is 9.14. The Morgan fingerprint density at radius 3 is 3.06 bits per heavy atom. The van der Waals surface area contributed by atoms with Gasteiger partial charge in [0.1, 0.15) is 5.69 Å². The van der Waals surface area contributed by atoms with Crippen molar-refractivity contribution >= 4 is 0 Å². The van der Waals surface area contributed by atoms with Crippen LogP contribution in [0.15, 0.2) is 35.7 Å². The lowest BCUT2D eigenvalue weighted by Gasteiger charge is -1.95. The third kappa shape index (κ3) is 3.02. The first-order valence-corrected chi connectivity index (χ1v) is 5.22. The first-order valence-electron chi connectivity index (χ1n) is 5.22. The van der Waals surface area contributed by atoms with Crippen molar-refractivity contribution in [3.63, 3.8) is 0 Å². The molecule has 0 aliphatic carbocycles. The van der Waals surface area contributed by atoms with E-state index >= 15 is 0 Å². The van der Waals surface area contributed by atoms with E-state index in [0.29, 0.717) is 13.1 Å². The molecular formula is C10H11N7. The van der Waals surface area contributed by atoms with Crippen LogP contribution in [0.4, 0.5) is 0 Å². The van der Waals surface area contributed by atoms with Gasteiger partial charge in [-0.25, -0.2) is 0 Å². The molecule has 2 heterocycles. The van der Waals surface area contributed by atoms with Crippen molar-refractivity contribution in [3.05, 3.63) is 41.0 Å². The van der Waals surface area contributed by atoms with Crippen LogP contribution >= 0.6 is 0 Å². The Bertz CT molecular complexity index is 512. The minimum absolute atomic E-state index is 0.468. The summed E-state index contributed by atoms with van der Waals surface area (Å²) in [6.07, 6.45) is 4.30. The fourth-order valence-electron chi connectivity index (χ4n) is 1.39. The number of hydrogen-bond donors (Lipinski definition) is 0. The Morgan fingerprint density at radius 1 is 1.35 bits per heavy atom. The summed E-state index contributed by atoms with van der Waals surface area (Å²) in [5.41, 5.74) is 9.68. The summed E-state index contributed by atoms with van der Waals surface area (Å²) in [6, 6.07) is 5.64. The van der Waals surface area contributed by atoms with Gasteiger partial charge in [0.2, 0.25) is 0 Å². The average Bonchev–Trinajstić information content (AvgIpc) is 2.85. The molecule has 0 atom stereocenters. The van der Waals surface area contributed by atoms with Crippen LogP contribution in [0.5, 0.6) is 0 Å². The molecule has 2 aromatic heterocycles. The molecule has 0 aliphatic heterocycles. The number of azide groups is 1. The highest BCUT2D eigenvalue weighted by Gasteiger charge is 2.03. The molecule has 0 bridgehead atoms. The SMILES string of the molecule is [N-]=[N+]=NCCCn1cc(-c2ccccn2)nn1. The van der Waals surface area contributed by atoms with Crippen LogP contribution in [0.2, 0.25) is 0 Å². The molecule has 0 radical (unpaired) electrons. The highest BCUT2D eigenvalue weighted by Crippen LogP contribution is 2.11. The second kappa shape index (κ2) is 5.62. The van der Waals surface area contributed by atoms with Crippen molar-refractivity contribution in [1.29, 1.82) is 0 Å². The number of aromatic nitrogens is 4. The first-order chi connectivity index (χ1) is 8.40. The van der Waals surface area contributed by atoms with Crippen LogP contribution in [0.1, 0.15) is 6.42 Å². The van der Waals surface area contributed by atoms with E-state index in [1.165, 1.54) is 0 Å². The molecule has 0 spiro atoms. The zero-order valence-electron chi connectivity index (χ0n) is 9.14. The minimum Gasteiger partial charge on any atom is -0.254 e. The lowest BCUT2D eigenvalue weighted by Crippen LogP contribution is -1.99. The van der Waals surface area contributed by atoms with Crippen molar-refractivity contribution in [2.75, 3.05) is 6.54 Å². The topological polar surface area (TPSA) is 92.4 Å². The van der Waals surface area contributed by atoms with Crippen LogP contribution in [-0.4, -0.2) is 26.5 Å². The van der Waals surface area contributed by atoms with Crippen molar-refractivity contribution in [3.8, 4) is 11.4 Å². The fraction of sp³-hybridized carbons (Fsp3) is 0.300. The smallest absolute Gasteiger partial charge is 0.131 e. The van der Waals surface area contributed by atoms with Crippen molar-refractivity contribution in [2.45, 2.75) is 13.0 Å². The van der Waals surface area contributed by atoms with Crippen LogP contribution in [0, 0.1) is 0 Å². The van der Waals surface area contributed by atoms with E-state index in [-0.39, 0.29) is 0 Å². The monoisotopic (exact) mass is 229 g/mol. The summed E-state index contributed by atoms with van der Waals surface area (Å²) in [5.74, 6) is 0. The van der Waals surface area contributed by atoms with E-state index in [2.05, 4.69) is 25.3 Å². The molecular weight excluding hydrogens is 218 g/mol. The third-order valence-corrected chi connectivity index (χ3v) is 2.17. The highest BCUT2D eigenvalue weighted by atomic mass is 15.4. The Balaban J connectivity index is 1.99. The van der Waals surface area contributed by atoms with E-state index < -0.39 is 0 Å². The first kappa shape index (κ1) is 11.1. The quantitative estimate of drug-likeness (QED) is 0.340. The van der Waals surface area contributed by atoms with Gasteiger partial charge in [0.15, 0.2) is 0 Å². The molecule has 0 saturated carbocycles. The molecule has 0 unspecified atom stereocenters. The Labute approximate surface area is 97.7 Å². The molecule has 0 fully saturated rings. The van der Waals surface area contributed by atoms with Crippen LogP contribution < -0.4 is 0 Å². The van der Waals surface area contributed by atoms with Crippen LogP contribution in [0.3, 0.4) is 0 Å². The normalized spacial score (nSPS) is 9.88. The second-order valence-electron chi connectivity index (χ2n) is 3.39. The van der Waals surface area contributed by atoms with E-state index in [9.17, 15) is 0 Å².